The summed E-state index contributed by atoms with van der Waals surface area (Å²) in [4.78, 5) is 43.0. The summed E-state index contributed by atoms with van der Waals surface area (Å²) in [5, 5.41) is 6.76. The van der Waals surface area contributed by atoms with Crippen molar-refractivity contribution in [3.63, 3.8) is 0 Å². The first-order valence-corrected chi connectivity index (χ1v) is 13.7. The summed E-state index contributed by atoms with van der Waals surface area (Å²) < 4.78 is 11.7. The van der Waals surface area contributed by atoms with E-state index in [0.29, 0.717) is 35.3 Å². The Bertz CT molecular complexity index is 1120. The largest absolute Gasteiger partial charge is 0.385 e. The zero-order chi connectivity index (χ0) is 26.4. The van der Waals surface area contributed by atoms with Crippen LogP contribution in [0.25, 0.3) is 0 Å². The average Bonchev–Trinajstić information content (AvgIpc) is 3.43. The molecule has 10 heteroatoms. The molecule has 3 heterocycles. The first kappa shape index (κ1) is 26.5. The van der Waals surface area contributed by atoms with Crippen molar-refractivity contribution in [2.75, 3.05) is 25.6 Å². The molecular weight excluding hydrogens is 517 g/mol. The third kappa shape index (κ3) is 4.56. The van der Waals surface area contributed by atoms with Gasteiger partial charge in [0.25, 0.3) is 0 Å². The average molecular weight is 550 g/mol. The van der Waals surface area contributed by atoms with E-state index in [1.807, 2.05) is 12.2 Å². The lowest BCUT2D eigenvalue weighted by atomic mass is 9.70. The summed E-state index contributed by atoms with van der Waals surface area (Å²) in [6.07, 6.45) is 9.40. The summed E-state index contributed by atoms with van der Waals surface area (Å²) >= 11 is 12.2. The van der Waals surface area contributed by atoms with Crippen LogP contribution in [0.2, 0.25) is 10.0 Å². The fraction of sp³-hybridized carbons (Fsp3) is 0.593. The van der Waals surface area contributed by atoms with Crippen LogP contribution in [-0.2, 0) is 23.9 Å². The van der Waals surface area contributed by atoms with Crippen LogP contribution >= 0.6 is 23.2 Å². The third-order valence-electron chi connectivity index (χ3n) is 8.21. The van der Waals surface area contributed by atoms with E-state index in [1.54, 1.807) is 37.1 Å². The maximum atomic E-state index is 14.0. The molecule has 8 nitrogen and oxygen atoms in total. The molecule has 4 aliphatic rings. The molecule has 1 aromatic rings. The molecule has 1 spiro atoms. The second-order valence-electron chi connectivity index (χ2n) is 10.7. The zero-order valence-electron chi connectivity index (χ0n) is 21.1. The van der Waals surface area contributed by atoms with E-state index in [9.17, 15) is 14.4 Å². The van der Waals surface area contributed by atoms with Gasteiger partial charge in [-0.25, -0.2) is 0 Å². The Morgan fingerprint density at radius 1 is 1.14 bits per heavy atom. The van der Waals surface area contributed by atoms with Gasteiger partial charge in [0.15, 0.2) is 0 Å². The highest BCUT2D eigenvalue weighted by Crippen LogP contribution is 2.59. The first-order valence-electron chi connectivity index (χ1n) is 13.0. The lowest BCUT2D eigenvalue weighted by Gasteiger charge is -2.34. The van der Waals surface area contributed by atoms with E-state index in [4.69, 9.17) is 32.7 Å². The van der Waals surface area contributed by atoms with E-state index >= 15 is 0 Å². The van der Waals surface area contributed by atoms with Crippen molar-refractivity contribution in [1.29, 1.82) is 0 Å². The number of hydrogen-bond acceptors (Lipinski definition) is 5. The van der Waals surface area contributed by atoms with Gasteiger partial charge in [0.1, 0.15) is 11.6 Å². The van der Waals surface area contributed by atoms with Crippen LogP contribution in [0.15, 0.2) is 30.4 Å². The van der Waals surface area contributed by atoms with Gasteiger partial charge in [-0.3, -0.25) is 14.4 Å². The Balaban J connectivity index is 1.45. The number of nitrogens with zero attached hydrogens (tertiary/aromatic N) is 1. The van der Waals surface area contributed by atoms with Gasteiger partial charge in [-0.1, -0.05) is 54.6 Å². The highest BCUT2D eigenvalue weighted by atomic mass is 35.5. The van der Waals surface area contributed by atoms with Crippen LogP contribution in [0.1, 0.15) is 45.4 Å². The Hall–Kier alpha value is -2.13. The Morgan fingerprint density at radius 2 is 1.89 bits per heavy atom. The second-order valence-corrected chi connectivity index (χ2v) is 11.5. The third-order valence-corrected chi connectivity index (χ3v) is 8.95. The van der Waals surface area contributed by atoms with E-state index < -0.39 is 29.1 Å². The van der Waals surface area contributed by atoms with E-state index in [0.717, 1.165) is 25.7 Å². The number of ether oxygens (including phenoxy) is 2. The maximum absolute atomic E-state index is 14.0. The van der Waals surface area contributed by atoms with Crippen LogP contribution < -0.4 is 10.6 Å². The van der Waals surface area contributed by atoms with Crippen LogP contribution in [-0.4, -0.2) is 66.2 Å². The Labute approximate surface area is 227 Å². The molecule has 3 amide bonds. The molecule has 1 aliphatic carbocycles. The lowest BCUT2D eigenvalue weighted by molar-refractivity contribution is -0.144. The van der Waals surface area contributed by atoms with Gasteiger partial charge in [0, 0.05) is 32.0 Å². The number of amides is 3. The summed E-state index contributed by atoms with van der Waals surface area (Å²) in [6.45, 7) is 2.59. The highest BCUT2D eigenvalue weighted by Gasteiger charge is 2.76. The van der Waals surface area contributed by atoms with E-state index in [2.05, 4.69) is 10.6 Å². The number of anilines is 1. The second kappa shape index (κ2) is 10.2. The molecule has 0 aromatic heterocycles. The van der Waals surface area contributed by atoms with Gasteiger partial charge in [-0.2, -0.15) is 0 Å². The first-order chi connectivity index (χ1) is 17.7. The molecule has 0 unspecified atom stereocenters. The van der Waals surface area contributed by atoms with Crippen molar-refractivity contribution in [3.05, 3.63) is 40.4 Å². The van der Waals surface area contributed by atoms with Crippen molar-refractivity contribution < 1.29 is 23.9 Å². The Morgan fingerprint density at radius 3 is 2.59 bits per heavy atom. The monoisotopic (exact) mass is 549 g/mol. The quantitative estimate of drug-likeness (QED) is 0.378. The van der Waals surface area contributed by atoms with Gasteiger partial charge in [-0.15, -0.1) is 0 Å². The van der Waals surface area contributed by atoms with Crippen LogP contribution in [0.4, 0.5) is 5.69 Å². The number of rotatable bonds is 8. The molecule has 1 aromatic carbocycles. The highest BCUT2D eigenvalue weighted by molar-refractivity contribution is 6.42. The number of carbonyl (C=O) groups excluding carboxylic acids is 3. The van der Waals surface area contributed by atoms with Gasteiger partial charge in [-0.05, 0) is 44.4 Å². The molecule has 3 aliphatic heterocycles. The number of halogens is 2. The number of nitrogens with one attached hydrogen (secondary N) is 2. The number of benzene rings is 1. The van der Waals surface area contributed by atoms with Crippen molar-refractivity contribution in [1.82, 2.24) is 10.2 Å². The van der Waals surface area contributed by atoms with Crippen molar-refractivity contribution in [3.8, 4) is 0 Å². The normalized spacial score (nSPS) is 32.6. The van der Waals surface area contributed by atoms with E-state index in [1.165, 1.54) is 6.42 Å². The number of carbonyl (C=O) groups is 3. The summed E-state index contributed by atoms with van der Waals surface area (Å²) in [5.41, 5.74) is -1.77. The van der Waals surface area contributed by atoms with Crippen molar-refractivity contribution in [2.24, 2.45) is 11.8 Å². The Kier molecular flexibility index (Phi) is 7.31. The van der Waals surface area contributed by atoms with Gasteiger partial charge >= 0.3 is 0 Å². The minimum atomic E-state index is -1.21. The minimum absolute atomic E-state index is 0.0829. The molecule has 0 radical (unpaired) electrons. The fourth-order valence-electron chi connectivity index (χ4n) is 6.57. The summed E-state index contributed by atoms with van der Waals surface area (Å²) in [5.74, 6) is -2.48. The minimum Gasteiger partial charge on any atom is -0.385 e. The molecule has 5 rings (SSSR count). The number of hydrogen-bond donors (Lipinski definition) is 2. The van der Waals surface area contributed by atoms with Crippen molar-refractivity contribution in [2.45, 2.75) is 68.7 Å². The van der Waals surface area contributed by atoms with Crippen LogP contribution in [0.5, 0.6) is 0 Å². The molecular formula is C27H33Cl2N3O5. The molecule has 2 bridgehead atoms. The maximum Gasteiger partial charge on any atom is 0.246 e. The molecule has 3 fully saturated rings. The lowest BCUT2D eigenvalue weighted by Crippen LogP contribution is -2.56. The van der Waals surface area contributed by atoms with Gasteiger partial charge < -0.3 is 25.0 Å². The predicted molar refractivity (Wildman–Crippen MR) is 140 cm³/mol. The van der Waals surface area contributed by atoms with Gasteiger partial charge in [0.2, 0.25) is 17.7 Å². The SMILES string of the molecule is COCCCN1C(=O)[C@H]2[C@H](C(=O)Nc3ccc(Cl)c(Cl)c3)[C@@]3(C)C=C[C@@]2(O3)[C@@H]1C(=O)NC1CCCCC1. The molecule has 2 N–H and O–H groups in total. The molecule has 2 saturated heterocycles. The van der Waals surface area contributed by atoms with Crippen LogP contribution in [0, 0.1) is 11.8 Å². The van der Waals surface area contributed by atoms with Crippen LogP contribution in [0.3, 0.4) is 0 Å². The molecule has 5 atom stereocenters. The topological polar surface area (TPSA) is 97.0 Å². The summed E-state index contributed by atoms with van der Waals surface area (Å²) in [6, 6.07) is 4.05. The molecule has 1 saturated carbocycles. The molecule has 200 valence electrons. The smallest absolute Gasteiger partial charge is 0.246 e. The fourth-order valence-corrected chi connectivity index (χ4v) is 6.87. The number of methoxy groups -OCH3 is 1. The molecule has 37 heavy (non-hydrogen) atoms. The zero-order valence-corrected chi connectivity index (χ0v) is 22.6. The number of fused-ring (bicyclic) bond motifs is 1. The van der Waals surface area contributed by atoms with Gasteiger partial charge in [0.05, 0.1) is 27.5 Å². The predicted octanol–water partition coefficient (Wildman–Crippen LogP) is 3.96. The summed E-state index contributed by atoms with van der Waals surface area (Å²) in [7, 11) is 1.60. The number of likely N-dealkylation sites (tertiary alicyclic amines) is 1. The standard InChI is InChI=1S/C27H33Cl2N3O5/c1-26-11-12-27(37-26)21(20(26)23(33)31-17-9-10-18(28)19(29)15-17)25(35)32(13-6-14-36-2)22(27)24(34)30-16-7-4-3-5-8-16/h9-12,15-16,20-22H,3-8,13-14H2,1-2H3,(H,30,34)(H,31,33)/t20-,21-,22+,26-,27+/m1/s1. The van der Waals surface area contributed by atoms with E-state index in [-0.39, 0.29) is 23.8 Å². The van der Waals surface area contributed by atoms with Crippen molar-refractivity contribution >= 4 is 46.6 Å².